The van der Waals surface area contributed by atoms with Crippen LogP contribution in [0.15, 0.2) is 36.1 Å². The van der Waals surface area contributed by atoms with E-state index in [4.69, 9.17) is 4.74 Å². The molecule has 2 aliphatic rings. The van der Waals surface area contributed by atoms with Gasteiger partial charge in [-0.2, -0.15) is 0 Å². The lowest BCUT2D eigenvalue weighted by Crippen LogP contribution is -2.41. The largest absolute Gasteiger partial charge is 0.443 e. The van der Waals surface area contributed by atoms with Gasteiger partial charge in [-0.3, -0.25) is 4.90 Å². The average molecular weight is 262 g/mol. The number of allylic oxidation sites excluding steroid dienone is 2. The summed E-state index contributed by atoms with van der Waals surface area (Å²) < 4.78 is 5.36. The van der Waals surface area contributed by atoms with Gasteiger partial charge in [0.15, 0.2) is 0 Å². The molecular weight excluding hydrogens is 240 g/mol. The van der Waals surface area contributed by atoms with Gasteiger partial charge < -0.3 is 10.1 Å². The number of hydrogen-bond donors (Lipinski definition) is 1. The van der Waals surface area contributed by atoms with Crippen molar-refractivity contribution in [3.8, 4) is 0 Å². The molecule has 0 aromatic carbocycles. The molecule has 1 saturated heterocycles. The van der Waals surface area contributed by atoms with Crippen molar-refractivity contribution in [2.24, 2.45) is 0 Å². The smallest absolute Gasteiger partial charge is 0.414 e. The predicted octanol–water partition coefficient (Wildman–Crippen LogP) is 2.60. The van der Waals surface area contributed by atoms with Crippen molar-refractivity contribution in [3.63, 3.8) is 0 Å². The van der Waals surface area contributed by atoms with Gasteiger partial charge in [-0.15, -0.1) is 0 Å². The third-order valence-corrected chi connectivity index (χ3v) is 2.96. The molecule has 0 radical (unpaired) electrons. The van der Waals surface area contributed by atoms with Crippen LogP contribution in [0.4, 0.5) is 4.79 Å². The Morgan fingerprint density at radius 3 is 2.84 bits per heavy atom. The summed E-state index contributed by atoms with van der Waals surface area (Å²) in [6.45, 7) is 7.28. The Hall–Kier alpha value is -1.55. The van der Waals surface area contributed by atoms with Crippen molar-refractivity contribution in [3.05, 3.63) is 36.1 Å². The molecular formula is C15H22N2O2. The van der Waals surface area contributed by atoms with E-state index in [9.17, 15) is 4.79 Å². The molecule has 1 amide bonds. The van der Waals surface area contributed by atoms with E-state index >= 15 is 0 Å². The Labute approximate surface area is 114 Å². The highest BCUT2D eigenvalue weighted by Crippen LogP contribution is 2.15. The Bertz CT molecular complexity index is 426. The molecule has 2 rings (SSSR count). The maximum atomic E-state index is 12.0. The van der Waals surface area contributed by atoms with E-state index in [0.29, 0.717) is 12.6 Å². The Balaban J connectivity index is 1.89. The number of ether oxygens (including phenoxy) is 1. The Kier molecular flexibility index (Phi) is 4.10. The maximum Gasteiger partial charge on any atom is 0.414 e. The van der Waals surface area contributed by atoms with Crippen LogP contribution >= 0.6 is 0 Å². The van der Waals surface area contributed by atoms with Crippen LogP contribution in [0, 0.1) is 0 Å². The van der Waals surface area contributed by atoms with Crippen molar-refractivity contribution < 1.29 is 9.53 Å². The lowest BCUT2D eigenvalue weighted by atomic mass is 10.0. The number of rotatable bonds is 2. The van der Waals surface area contributed by atoms with E-state index in [-0.39, 0.29) is 6.09 Å². The van der Waals surface area contributed by atoms with Crippen LogP contribution in [-0.2, 0) is 4.74 Å². The number of hydrogen-bond acceptors (Lipinski definition) is 3. The minimum Gasteiger partial charge on any atom is -0.443 e. The average Bonchev–Trinajstić information content (AvgIpc) is 2.25. The van der Waals surface area contributed by atoms with Crippen molar-refractivity contribution in [1.82, 2.24) is 10.2 Å². The predicted molar refractivity (Wildman–Crippen MR) is 75.7 cm³/mol. The van der Waals surface area contributed by atoms with Crippen molar-refractivity contribution >= 4 is 6.09 Å². The lowest BCUT2D eigenvalue weighted by Gasteiger charge is -2.27. The van der Waals surface area contributed by atoms with Gasteiger partial charge in [0.2, 0.25) is 0 Å². The van der Waals surface area contributed by atoms with E-state index in [1.807, 2.05) is 32.9 Å². The van der Waals surface area contributed by atoms with Crippen LogP contribution in [0.5, 0.6) is 0 Å². The summed E-state index contributed by atoms with van der Waals surface area (Å²) in [5.74, 6) is 0. The summed E-state index contributed by atoms with van der Waals surface area (Å²) in [7, 11) is 0. The second kappa shape index (κ2) is 5.61. The minimum absolute atomic E-state index is 0.301. The topological polar surface area (TPSA) is 41.6 Å². The highest BCUT2D eigenvalue weighted by Gasteiger charge is 2.22. The molecule has 104 valence electrons. The zero-order valence-corrected chi connectivity index (χ0v) is 11.8. The summed E-state index contributed by atoms with van der Waals surface area (Å²) in [4.78, 5) is 13.5. The zero-order chi connectivity index (χ0) is 13.9. The van der Waals surface area contributed by atoms with Gasteiger partial charge in [0, 0.05) is 12.2 Å². The molecule has 0 spiro atoms. The molecule has 4 heteroatoms. The summed E-state index contributed by atoms with van der Waals surface area (Å²) in [6.07, 6.45) is 10.8. The first-order chi connectivity index (χ1) is 8.94. The standard InChI is InChI=1S/C15H22N2O2/c1-15(2,3)19-14(18)17-10-4-5-12(11-17)6-7-13-8-9-16-13/h4-7,10,13,16H,8-9,11H2,1-3H3/b7-6+. The van der Waals surface area contributed by atoms with Crippen LogP contribution in [0.1, 0.15) is 27.2 Å². The van der Waals surface area contributed by atoms with Gasteiger partial charge in [0.1, 0.15) is 5.60 Å². The van der Waals surface area contributed by atoms with Crippen LogP contribution in [0.25, 0.3) is 0 Å². The molecule has 0 saturated carbocycles. The first-order valence-corrected chi connectivity index (χ1v) is 6.73. The molecule has 1 fully saturated rings. The highest BCUT2D eigenvalue weighted by molar-refractivity contribution is 5.70. The van der Waals surface area contributed by atoms with E-state index in [2.05, 4.69) is 17.5 Å². The highest BCUT2D eigenvalue weighted by atomic mass is 16.6. The normalized spacial score (nSPS) is 23.2. The third kappa shape index (κ3) is 4.24. The van der Waals surface area contributed by atoms with Crippen LogP contribution in [-0.4, -0.2) is 35.7 Å². The molecule has 1 atom stereocenters. The summed E-state index contributed by atoms with van der Waals surface area (Å²) in [6, 6.07) is 0.488. The molecule has 0 aromatic rings. The van der Waals surface area contributed by atoms with E-state index in [1.165, 1.54) is 6.42 Å². The fraction of sp³-hybridized carbons (Fsp3) is 0.533. The zero-order valence-electron chi connectivity index (χ0n) is 11.8. The molecule has 1 unspecified atom stereocenters. The van der Waals surface area contributed by atoms with E-state index < -0.39 is 5.60 Å². The van der Waals surface area contributed by atoms with Crippen LogP contribution in [0.3, 0.4) is 0 Å². The monoisotopic (exact) mass is 262 g/mol. The quantitative estimate of drug-likeness (QED) is 0.831. The summed E-state index contributed by atoms with van der Waals surface area (Å²) in [5, 5.41) is 3.31. The summed E-state index contributed by atoms with van der Waals surface area (Å²) in [5.41, 5.74) is 0.653. The van der Waals surface area contributed by atoms with Crippen molar-refractivity contribution in [2.75, 3.05) is 13.1 Å². The van der Waals surface area contributed by atoms with Gasteiger partial charge in [-0.1, -0.05) is 18.2 Å². The molecule has 2 aliphatic heterocycles. The van der Waals surface area contributed by atoms with Gasteiger partial charge in [-0.05, 0) is 45.4 Å². The molecule has 0 aliphatic carbocycles. The number of carbonyl (C=O) groups excluding carboxylic acids is 1. The first kappa shape index (κ1) is 13.9. The lowest BCUT2D eigenvalue weighted by molar-refractivity contribution is 0.0347. The SMILES string of the molecule is CC(C)(C)OC(=O)N1C=CC=C(/C=C/C2CCN2)C1. The van der Waals surface area contributed by atoms with Gasteiger partial charge in [0.05, 0.1) is 6.54 Å². The van der Waals surface area contributed by atoms with Gasteiger partial charge >= 0.3 is 6.09 Å². The number of nitrogens with zero attached hydrogens (tertiary/aromatic N) is 1. The second-order valence-electron chi connectivity index (χ2n) is 5.90. The molecule has 1 N–H and O–H groups in total. The number of nitrogens with one attached hydrogen (secondary N) is 1. The second-order valence-corrected chi connectivity index (χ2v) is 5.90. The molecule has 2 heterocycles. The fourth-order valence-electron chi connectivity index (χ4n) is 1.84. The van der Waals surface area contributed by atoms with Crippen LogP contribution in [0.2, 0.25) is 0 Å². The summed E-state index contributed by atoms with van der Waals surface area (Å²) >= 11 is 0. The third-order valence-electron chi connectivity index (χ3n) is 2.96. The van der Waals surface area contributed by atoms with Crippen LogP contribution < -0.4 is 5.32 Å². The number of amides is 1. The fourth-order valence-corrected chi connectivity index (χ4v) is 1.84. The van der Waals surface area contributed by atoms with Gasteiger partial charge in [-0.25, -0.2) is 4.79 Å². The number of carbonyl (C=O) groups is 1. The van der Waals surface area contributed by atoms with E-state index in [1.54, 1.807) is 11.1 Å². The minimum atomic E-state index is -0.460. The Morgan fingerprint density at radius 1 is 1.53 bits per heavy atom. The maximum absolute atomic E-state index is 12.0. The molecule has 0 aromatic heterocycles. The Morgan fingerprint density at radius 2 is 2.26 bits per heavy atom. The molecule has 4 nitrogen and oxygen atoms in total. The first-order valence-electron chi connectivity index (χ1n) is 6.73. The van der Waals surface area contributed by atoms with E-state index in [0.717, 1.165) is 12.1 Å². The molecule has 19 heavy (non-hydrogen) atoms. The van der Waals surface area contributed by atoms with Gasteiger partial charge in [0.25, 0.3) is 0 Å². The van der Waals surface area contributed by atoms with Crippen molar-refractivity contribution in [2.45, 2.75) is 38.8 Å². The molecule has 0 bridgehead atoms. The van der Waals surface area contributed by atoms with Crippen molar-refractivity contribution in [1.29, 1.82) is 0 Å².